The number of benzene rings is 2. The first-order valence-corrected chi connectivity index (χ1v) is 10.1. The monoisotopic (exact) mass is 410 g/mol. The molecule has 0 aliphatic carbocycles. The number of ether oxygens (including phenoxy) is 1. The van der Waals surface area contributed by atoms with Crippen LogP contribution in [0, 0.1) is 5.92 Å². The van der Waals surface area contributed by atoms with Crippen molar-refractivity contribution >= 4 is 11.8 Å². The second kappa shape index (κ2) is 9.13. The van der Waals surface area contributed by atoms with Crippen molar-refractivity contribution in [2.75, 3.05) is 0 Å². The van der Waals surface area contributed by atoms with Gasteiger partial charge in [-0.25, -0.2) is 4.79 Å². The van der Waals surface area contributed by atoms with E-state index in [1.165, 1.54) is 12.1 Å². The third kappa shape index (κ3) is 4.09. The lowest BCUT2D eigenvalue weighted by molar-refractivity contribution is -0.161. The Hall–Kier alpha value is -3.12. The van der Waals surface area contributed by atoms with E-state index in [2.05, 4.69) is 0 Å². The van der Waals surface area contributed by atoms with Gasteiger partial charge in [-0.05, 0) is 36.1 Å². The predicted octanol–water partition coefficient (Wildman–Crippen LogP) is 3.95. The molecule has 3 N–H and O–H groups in total. The van der Waals surface area contributed by atoms with E-state index in [-0.39, 0.29) is 11.3 Å². The van der Waals surface area contributed by atoms with Gasteiger partial charge in [0, 0.05) is 11.8 Å². The van der Waals surface area contributed by atoms with Gasteiger partial charge in [0.15, 0.2) is 11.9 Å². The summed E-state index contributed by atoms with van der Waals surface area (Å²) < 4.78 is 5.49. The van der Waals surface area contributed by atoms with Gasteiger partial charge in [-0.3, -0.25) is 4.79 Å². The van der Waals surface area contributed by atoms with Crippen LogP contribution in [0.1, 0.15) is 49.8 Å². The maximum absolute atomic E-state index is 13.0. The van der Waals surface area contributed by atoms with Crippen molar-refractivity contribution in [2.45, 2.75) is 44.8 Å². The van der Waals surface area contributed by atoms with Crippen LogP contribution in [-0.4, -0.2) is 33.2 Å². The van der Waals surface area contributed by atoms with Crippen LogP contribution in [0.2, 0.25) is 0 Å². The van der Waals surface area contributed by atoms with Gasteiger partial charge in [-0.1, -0.05) is 56.3 Å². The number of Topliss-reactive ketones (excluding diaryl/α,β-unsaturated/α-hetero) is 1. The first kappa shape index (κ1) is 21.6. The highest BCUT2D eigenvalue weighted by Crippen LogP contribution is 2.38. The molecule has 3 rings (SSSR count). The maximum Gasteiger partial charge on any atom is 0.339 e. The number of phenolic OH excluding ortho intramolecular Hbond substituents is 1. The minimum atomic E-state index is -1.29. The molecule has 0 bridgehead atoms. The van der Waals surface area contributed by atoms with Crippen molar-refractivity contribution in [3.8, 4) is 5.75 Å². The molecule has 2 aromatic carbocycles. The summed E-state index contributed by atoms with van der Waals surface area (Å²) >= 11 is 0. The quantitative estimate of drug-likeness (QED) is 0.597. The molecular formula is C24H26O6. The van der Waals surface area contributed by atoms with Gasteiger partial charge < -0.3 is 20.1 Å². The summed E-state index contributed by atoms with van der Waals surface area (Å²) in [5.41, 5.74) is 1.24. The van der Waals surface area contributed by atoms with Crippen LogP contribution in [0.25, 0.3) is 0 Å². The molecule has 2 unspecified atom stereocenters. The smallest absolute Gasteiger partial charge is 0.339 e. The maximum atomic E-state index is 13.0. The number of aliphatic hydroxyl groups is 2. The number of phenols is 1. The van der Waals surface area contributed by atoms with Crippen molar-refractivity contribution in [3.63, 3.8) is 0 Å². The Morgan fingerprint density at radius 3 is 2.10 bits per heavy atom. The zero-order valence-corrected chi connectivity index (χ0v) is 17.0. The molecule has 0 amide bonds. The van der Waals surface area contributed by atoms with E-state index in [9.17, 15) is 24.9 Å². The fourth-order valence-corrected chi connectivity index (χ4v) is 4.00. The van der Waals surface area contributed by atoms with Crippen LogP contribution in [0.15, 0.2) is 65.9 Å². The Bertz CT molecular complexity index is 932. The second-order valence-electron chi connectivity index (χ2n) is 7.43. The Balaban J connectivity index is 1.93. The van der Waals surface area contributed by atoms with Gasteiger partial charge in [0.1, 0.15) is 5.75 Å². The zero-order chi connectivity index (χ0) is 21.8. The molecule has 1 heterocycles. The first-order valence-electron chi connectivity index (χ1n) is 10.1. The predicted molar refractivity (Wildman–Crippen MR) is 111 cm³/mol. The molecule has 2 aromatic rings. The molecule has 4 atom stereocenters. The number of hydrogen-bond acceptors (Lipinski definition) is 6. The number of aromatic hydroxyl groups is 1. The van der Waals surface area contributed by atoms with Gasteiger partial charge >= 0.3 is 5.97 Å². The van der Waals surface area contributed by atoms with Crippen LogP contribution in [0.4, 0.5) is 0 Å². The Morgan fingerprint density at radius 2 is 1.53 bits per heavy atom. The van der Waals surface area contributed by atoms with E-state index >= 15 is 0 Å². The Kier molecular flexibility index (Phi) is 6.57. The molecule has 0 saturated heterocycles. The van der Waals surface area contributed by atoms with E-state index < -0.39 is 41.6 Å². The molecule has 1 aliphatic rings. The molecule has 0 radical (unpaired) electrons. The van der Waals surface area contributed by atoms with Crippen molar-refractivity contribution in [3.05, 3.63) is 77.1 Å². The summed E-state index contributed by atoms with van der Waals surface area (Å²) in [5, 5.41) is 30.9. The van der Waals surface area contributed by atoms with Crippen molar-refractivity contribution in [1.82, 2.24) is 0 Å². The SMILES string of the molecule is CCC(C1=C(O)C(=O)[C@@H](C(CC)[C@@H](O)c2ccc(O)cc2)OC1=O)c1ccccc1. The number of ketones is 1. The molecule has 6 nitrogen and oxygen atoms in total. The fourth-order valence-electron chi connectivity index (χ4n) is 4.00. The highest BCUT2D eigenvalue weighted by atomic mass is 16.6. The van der Waals surface area contributed by atoms with Crippen LogP contribution in [0.5, 0.6) is 5.75 Å². The van der Waals surface area contributed by atoms with Crippen molar-refractivity contribution < 1.29 is 29.6 Å². The van der Waals surface area contributed by atoms with Crippen molar-refractivity contribution in [2.24, 2.45) is 5.92 Å². The number of esters is 1. The molecule has 158 valence electrons. The Labute approximate surface area is 175 Å². The van der Waals surface area contributed by atoms with Gasteiger partial charge in [-0.15, -0.1) is 0 Å². The molecule has 6 heteroatoms. The minimum absolute atomic E-state index is 0.0427. The number of carbonyl (C=O) groups excluding carboxylic acids is 2. The number of carbonyl (C=O) groups is 2. The average Bonchev–Trinajstić information content (AvgIpc) is 2.76. The molecule has 30 heavy (non-hydrogen) atoms. The third-order valence-electron chi connectivity index (χ3n) is 5.66. The van der Waals surface area contributed by atoms with E-state index in [0.29, 0.717) is 18.4 Å². The highest BCUT2D eigenvalue weighted by molar-refractivity contribution is 6.09. The van der Waals surface area contributed by atoms with E-state index in [4.69, 9.17) is 4.74 Å². The number of hydrogen-bond donors (Lipinski definition) is 3. The topological polar surface area (TPSA) is 104 Å². The summed E-state index contributed by atoms with van der Waals surface area (Å²) in [5.74, 6) is -3.20. The van der Waals surface area contributed by atoms with Crippen LogP contribution >= 0.6 is 0 Å². The van der Waals surface area contributed by atoms with E-state index in [0.717, 1.165) is 5.56 Å². The Morgan fingerprint density at radius 1 is 0.900 bits per heavy atom. The number of rotatable bonds is 7. The van der Waals surface area contributed by atoms with Gasteiger partial charge in [0.25, 0.3) is 0 Å². The van der Waals surface area contributed by atoms with E-state index in [1.807, 2.05) is 37.3 Å². The lowest BCUT2D eigenvalue weighted by Gasteiger charge is -2.33. The molecule has 1 aliphatic heterocycles. The fraction of sp³-hybridized carbons (Fsp3) is 0.333. The summed E-state index contributed by atoms with van der Waals surface area (Å²) in [4.78, 5) is 25.8. The van der Waals surface area contributed by atoms with Crippen LogP contribution in [-0.2, 0) is 14.3 Å². The lowest BCUT2D eigenvalue weighted by Crippen LogP contribution is -2.43. The second-order valence-corrected chi connectivity index (χ2v) is 7.43. The standard InChI is InChI=1S/C24H26O6/c1-3-17(14-8-6-5-7-9-14)19-21(27)22(28)23(30-24(19)29)18(4-2)20(26)15-10-12-16(25)13-11-15/h5-13,17-18,20,23,25-27H,3-4H2,1-2H3/t17?,18?,20-,23+/m0/s1. The minimum Gasteiger partial charge on any atom is -0.508 e. The number of aliphatic hydroxyl groups excluding tert-OH is 2. The van der Waals surface area contributed by atoms with E-state index in [1.54, 1.807) is 19.1 Å². The molecule has 0 saturated carbocycles. The average molecular weight is 410 g/mol. The normalized spacial score (nSPS) is 19.9. The zero-order valence-electron chi connectivity index (χ0n) is 17.0. The summed E-state index contributed by atoms with van der Waals surface area (Å²) in [6.07, 6.45) is -1.56. The summed E-state index contributed by atoms with van der Waals surface area (Å²) in [6, 6.07) is 15.1. The summed E-state index contributed by atoms with van der Waals surface area (Å²) in [6.45, 7) is 3.63. The molecule has 0 fully saturated rings. The lowest BCUT2D eigenvalue weighted by atomic mass is 9.81. The first-order chi connectivity index (χ1) is 14.4. The third-order valence-corrected chi connectivity index (χ3v) is 5.66. The largest absolute Gasteiger partial charge is 0.508 e. The summed E-state index contributed by atoms with van der Waals surface area (Å²) in [7, 11) is 0. The van der Waals surface area contributed by atoms with Gasteiger partial charge in [0.2, 0.25) is 5.78 Å². The number of cyclic esters (lactones) is 1. The molecular weight excluding hydrogens is 384 g/mol. The van der Waals surface area contributed by atoms with Gasteiger partial charge in [-0.2, -0.15) is 0 Å². The molecule has 0 spiro atoms. The highest BCUT2D eigenvalue weighted by Gasteiger charge is 2.45. The van der Waals surface area contributed by atoms with Crippen molar-refractivity contribution in [1.29, 1.82) is 0 Å². The van der Waals surface area contributed by atoms with Crippen LogP contribution in [0.3, 0.4) is 0 Å². The van der Waals surface area contributed by atoms with Gasteiger partial charge in [0.05, 0.1) is 11.7 Å². The van der Waals surface area contributed by atoms with Crippen LogP contribution < -0.4 is 0 Å². The molecule has 0 aromatic heterocycles.